The molecule has 1 unspecified atom stereocenters. The van der Waals surface area contributed by atoms with Gasteiger partial charge in [0.05, 0.1) is 0 Å². The first-order valence-electron chi connectivity index (χ1n) is 6.73. The van der Waals surface area contributed by atoms with Crippen molar-refractivity contribution in [1.82, 2.24) is 4.90 Å². The quantitative estimate of drug-likeness (QED) is 0.637. The molecule has 1 heteroatoms. The summed E-state index contributed by atoms with van der Waals surface area (Å²) in [4.78, 5) is 2.74. The second kappa shape index (κ2) is 3.00. The Morgan fingerprint density at radius 1 is 1.07 bits per heavy atom. The maximum atomic E-state index is 2.74. The molecule has 2 saturated carbocycles. The van der Waals surface area contributed by atoms with E-state index in [-0.39, 0.29) is 0 Å². The summed E-state index contributed by atoms with van der Waals surface area (Å²) in [6.45, 7) is 10.1. The van der Waals surface area contributed by atoms with Crippen LogP contribution in [0.2, 0.25) is 0 Å². The molecule has 0 aromatic carbocycles. The summed E-state index contributed by atoms with van der Waals surface area (Å²) >= 11 is 0. The molecule has 0 aromatic rings. The molecule has 3 aliphatic rings. The van der Waals surface area contributed by atoms with E-state index in [2.05, 4.69) is 25.7 Å². The lowest BCUT2D eigenvalue weighted by molar-refractivity contribution is -0.00787. The van der Waals surface area contributed by atoms with Gasteiger partial charge >= 0.3 is 0 Å². The third-order valence-electron chi connectivity index (χ3n) is 5.07. The van der Waals surface area contributed by atoms with Crippen molar-refractivity contribution in [3.63, 3.8) is 0 Å². The van der Waals surface area contributed by atoms with Crippen LogP contribution in [0.4, 0.5) is 0 Å². The summed E-state index contributed by atoms with van der Waals surface area (Å²) in [6.07, 6.45) is 7.48. The number of hydrogen-bond donors (Lipinski definition) is 0. The Hall–Kier alpha value is -0.0400. The first-order valence-corrected chi connectivity index (χ1v) is 6.73. The molecule has 0 aromatic heterocycles. The van der Waals surface area contributed by atoms with E-state index in [1.165, 1.54) is 45.2 Å². The average molecular weight is 207 g/mol. The van der Waals surface area contributed by atoms with E-state index < -0.39 is 0 Å². The first kappa shape index (κ1) is 10.1. The van der Waals surface area contributed by atoms with Crippen LogP contribution in [-0.4, -0.2) is 24.0 Å². The van der Waals surface area contributed by atoms with Crippen molar-refractivity contribution in [3.05, 3.63) is 0 Å². The minimum absolute atomic E-state index is 0.545. The van der Waals surface area contributed by atoms with E-state index >= 15 is 0 Å². The second-order valence-corrected chi connectivity index (χ2v) is 7.44. The van der Waals surface area contributed by atoms with Gasteiger partial charge in [-0.05, 0) is 48.9 Å². The second-order valence-electron chi connectivity index (χ2n) is 7.44. The maximum Gasteiger partial charge on any atom is 0.00969 e. The summed E-state index contributed by atoms with van der Waals surface area (Å²) in [5.74, 6) is 0.985. The molecule has 15 heavy (non-hydrogen) atoms. The van der Waals surface area contributed by atoms with Gasteiger partial charge in [-0.2, -0.15) is 0 Å². The largest absolute Gasteiger partial charge is 0.299 e. The molecule has 0 radical (unpaired) electrons. The third-order valence-corrected chi connectivity index (χ3v) is 5.07. The molecular formula is C14H25N. The lowest BCUT2D eigenvalue weighted by Crippen LogP contribution is -2.55. The van der Waals surface area contributed by atoms with E-state index in [1.54, 1.807) is 0 Å². The predicted molar refractivity (Wildman–Crippen MR) is 63.8 cm³/mol. The van der Waals surface area contributed by atoms with Crippen LogP contribution in [0.5, 0.6) is 0 Å². The first-order chi connectivity index (χ1) is 6.99. The van der Waals surface area contributed by atoms with Crippen molar-refractivity contribution in [2.75, 3.05) is 13.1 Å². The van der Waals surface area contributed by atoms with Crippen LogP contribution in [0, 0.1) is 16.7 Å². The fraction of sp³-hybridized carbons (Fsp3) is 1.00. The Kier molecular flexibility index (Phi) is 2.03. The summed E-state index contributed by atoms with van der Waals surface area (Å²) in [7, 11) is 0. The highest BCUT2D eigenvalue weighted by Crippen LogP contribution is 2.54. The molecule has 1 atom stereocenters. The Bertz CT molecular complexity index is 253. The van der Waals surface area contributed by atoms with E-state index in [0.717, 1.165) is 17.4 Å². The smallest absolute Gasteiger partial charge is 0.00969 e. The molecule has 86 valence electrons. The van der Waals surface area contributed by atoms with Gasteiger partial charge in [0, 0.05) is 19.1 Å². The molecule has 0 amide bonds. The van der Waals surface area contributed by atoms with Gasteiger partial charge in [-0.3, -0.25) is 4.90 Å². The molecule has 1 heterocycles. The van der Waals surface area contributed by atoms with Crippen molar-refractivity contribution in [2.24, 2.45) is 16.7 Å². The molecule has 0 bridgehead atoms. The number of likely N-dealkylation sites (tertiary alicyclic amines) is 1. The molecule has 1 saturated heterocycles. The lowest BCUT2D eigenvalue weighted by Gasteiger charge is -2.49. The SMILES string of the molecule is CC(C)(C)C1CCC2(C1)CN(C1CC1)C2. The van der Waals surface area contributed by atoms with Gasteiger partial charge in [0.25, 0.3) is 0 Å². The molecule has 3 fully saturated rings. The number of hydrogen-bond acceptors (Lipinski definition) is 1. The van der Waals surface area contributed by atoms with Gasteiger partial charge in [0.2, 0.25) is 0 Å². The lowest BCUT2D eigenvalue weighted by atomic mass is 9.73. The maximum absolute atomic E-state index is 2.74. The van der Waals surface area contributed by atoms with Crippen molar-refractivity contribution >= 4 is 0 Å². The van der Waals surface area contributed by atoms with Crippen molar-refractivity contribution < 1.29 is 0 Å². The zero-order chi connectivity index (χ0) is 10.7. The van der Waals surface area contributed by atoms with Crippen LogP contribution >= 0.6 is 0 Å². The molecular weight excluding hydrogens is 182 g/mol. The number of nitrogens with zero attached hydrogens (tertiary/aromatic N) is 1. The summed E-state index contributed by atoms with van der Waals surface area (Å²) in [6, 6.07) is 1.00. The predicted octanol–water partition coefficient (Wildman–Crippen LogP) is 3.30. The van der Waals surface area contributed by atoms with E-state index in [1.807, 2.05) is 0 Å². The van der Waals surface area contributed by atoms with Crippen molar-refractivity contribution in [1.29, 1.82) is 0 Å². The normalized spacial score (nSPS) is 35.8. The van der Waals surface area contributed by atoms with Crippen LogP contribution in [0.1, 0.15) is 52.9 Å². The highest BCUT2D eigenvalue weighted by molar-refractivity contribution is 5.05. The minimum Gasteiger partial charge on any atom is -0.299 e. The highest BCUT2D eigenvalue weighted by Gasteiger charge is 2.52. The van der Waals surface area contributed by atoms with Crippen LogP contribution in [0.15, 0.2) is 0 Å². The molecule has 1 nitrogen and oxygen atoms in total. The van der Waals surface area contributed by atoms with Crippen LogP contribution in [0.3, 0.4) is 0 Å². The summed E-state index contributed by atoms with van der Waals surface area (Å²) < 4.78 is 0. The van der Waals surface area contributed by atoms with Gasteiger partial charge in [-0.25, -0.2) is 0 Å². The Balaban J connectivity index is 1.58. The Morgan fingerprint density at radius 3 is 2.20 bits per heavy atom. The summed E-state index contributed by atoms with van der Waals surface area (Å²) in [5.41, 5.74) is 1.31. The average Bonchev–Trinajstić information content (AvgIpc) is 2.78. The fourth-order valence-electron chi connectivity index (χ4n) is 3.75. The third kappa shape index (κ3) is 1.73. The van der Waals surface area contributed by atoms with E-state index in [0.29, 0.717) is 5.41 Å². The van der Waals surface area contributed by atoms with Crippen LogP contribution in [-0.2, 0) is 0 Å². The van der Waals surface area contributed by atoms with E-state index in [9.17, 15) is 0 Å². The Labute approximate surface area is 94.2 Å². The molecule has 1 spiro atoms. The minimum atomic E-state index is 0.545. The van der Waals surface area contributed by atoms with Crippen molar-refractivity contribution in [2.45, 2.75) is 58.9 Å². The van der Waals surface area contributed by atoms with Gasteiger partial charge in [-0.1, -0.05) is 20.8 Å². The molecule has 1 aliphatic heterocycles. The molecule has 0 N–H and O–H groups in total. The van der Waals surface area contributed by atoms with Crippen molar-refractivity contribution in [3.8, 4) is 0 Å². The van der Waals surface area contributed by atoms with Crippen LogP contribution in [0.25, 0.3) is 0 Å². The summed E-state index contributed by atoms with van der Waals surface area (Å²) in [5, 5.41) is 0. The fourth-order valence-corrected chi connectivity index (χ4v) is 3.75. The zero-order valence-electron chi connectivity index (χ0n) is 10.6. The highest BCUT2D eigenvalue weighted by atomic mass is 15.3. The van der Waals surface area contributed by atoms with E-state index in [4.69, 9.17) is 0 Å². The monoisotopic (exact) mass is 207 g/mol. The number of rotatable bonds is 1. The Morgan fingerprint density at radius 2 is 1.73 bits per heavy atom. The molecule has 3 rings (SSSR count). The van der Waals surface area contributed by atoms with Gasteiger partial charge in [0.1, 0.15) is 0 Å². The van der Waals surface area contributed by atoms with Gasteiger partial charge in [-0.15, -0.1) is 0 Å². The van der Waals surface area contributed by atoms with Gasteiger partial charge < -0.3 is 0 Å². The zero-order valence-corrected chi connectivity index (χ0v) is 10.6. The topological polar surface area (TPSA) is 3.24 Å². The van der Waals surface area contributed by atoms with Gasteiger partial charge in [0.15, 0.2) is 0 Å². The van der Waals surface area contributed by atoms with Crippen LogP contribution < -0.4 is 0 Å². The standard InChI is InChI=1S/C14H25N/c1-13(2,3)11-6-7-14(8-11)9-15(10-14)12-4-5-12/h11-12H,4-10H2,1-3H3. The molecule has 2 aliphatic carbocycles.